The molecular weight excluding hydrogens is 2220 g/mol. The first kappa shape index (κ1) is 84.2. The summed E-state index contributed by atoms with van der Waals surface area (Å²) in [6, 6.07) is 130. The normalized spacial score (nSPS) is 11.4. The minimum Gasteiger partial charge on any atom is -0.481 e. The Labute approximate surface area is 811 Å². The fourth-order valence-electron chi connectivity index (χ4n) is 17.4. The van der Waals surface area contributed by atoms with Gasteiger partial charge < -0.3 is 68.4 Å². The van der Waals surface area contributed by atoms with E-state index in [1.54, 1.807) is 50.0 Å². The zero-order valence-corrected chi connectivity index (χ0v) is 77.3. The molecule has 27 aromatic rings. The van der Waals surface area contributed by atoms with Gasteiger partial charge in [-0.05, 0) is 236 Å². The Morgan fingerprint density at radius 1 is 0.237 bits per heavy atom. The molecule has 0 fully saturated rings. The van der Waals surface area contributed by atoms with Crippen LogP contribution in [0.25, 0.3) is 252 Å². The Kier molecular flexibility index (Phi) is 22.3. The van der Waals surface area contributed by atoms with Crippen LogP contribution in [0.1, 0.15) is 0 Å². The minimum absolute atomic E-state index is 0. The van der Waals surface area contributed by atoms with Gasteiger partial charge in [-0.2, -0.15) is 0 Å². The van der Waals surface area contributed by atoms with E-state index >= 15 is 0 Å². The van der Waals surface area contributed by atoms with Gasteiger partial charge in [0.2, 0.25) is 0 Å². The average Bonchev–Trinajstić information content (AvgIpc) is 1.59. The number of nitrogens with zero attached hydrogens (tertiary/aromatic N) is 9. The average molecular weight is 2290 g/mol. The van der Waals surface area contributed by atoms with Crippen molar-refractivity contribution in [2.75, 3.05) is 0 Å². The van der Waals surface area contributed by atoms with Crippen LogP contribution in [-0.2, 0) is 63.2 Å². The quantitative estimate of drug-likeness (QED) is 0.0874. The second-order valence-corrected chi connectivity index (χ2v) is 31.5. The maximum atomic E-state index is 6.28. The van der Waals surface area contributed by atoms with Crippen LogP contribution in [-0.4, -0.2) is 43.6 Å². The van der Waals surface area contributed by atoms with Gasteiger partial charge in [-0.3, -0.25) is 15.0 Å². The van der Waals surface area contributed by atoms with Crippen molar-refractivity contribution in [3.8, 4) is 153 Å². The summed E-state index contributed by atoms with van der Waals surface area (Å²) in [7, 11) is 0. The smallest absolute Gasteiger partial charge is 0.481 e. The third-order valence-electron chi connectivity index (χ3n) is 23.6. The van der Waals surface area contributed by atoms with Crippen LogP contribution < -0.4 is 0 Å². The Morgan fingerprint density at radius 2 is 0.652 bits per heavy atom. The van der Waals surface area contributed by atoms with Gasteiger partial charge in [0.15, 0.2) is 0 Å². The van der Waals surface area contributed by atoms with Crippen LogP contribution in [0.2, 0.25) is 0 Å². The molecule has 648 valence electrons. The molecule has 0 radical (unpaired) electrons. The van der Waals surface area contributed by atoms with Crippen LogP contribution in [0.4, 0.5) is 0 Å². The largest absolute Gasteiger partial charge is 2.00 e. The van der Waals surface area contributed by atoms with Crippen molar-refractivity contribution in [3.05, 3.63) is 420 Å². The summed E-state index contributed by atoms with van der Waals surface area (Å²) in [4.78, 5) is 28.2. The summed E-state index contributed by atoms with van der Waals surface area (Å²) in [5.41, 5.74) is 25.9. The van der Waals surface area contributed by atoms with E-state index in [0.29, 0.717) is 28.8 Å². The number of benzene rings is 12. The third kappa shape index (κ3) is 15.6. The van der Waals surface area contributed by atoms with Gasteiger partial charge in [0.05, 0.1) is 59.9 Å². The number of furan rings is 6. The third-order valence-corrected chi connectivity index (χ3v) is 23.6. The van der Waals surface area contributed by atoms with Gasteiger partial charge in [0, 0.05) is 63.0 Å². The number of pyridine rings is 3. The Morgan fingerprint density at radius 3 is 1.17 bits per heavy atom. The second kappa shape index (κ2) is 35.7. The van der Waals surface area contributed by atoms with Crippen molar-refractivity contribution in [1.29, 1.82) is 0 Å². The van der Waals surface area contributed by atoms with Crippen molar-refractivity contribution in [3.63, 3.8) is 0 Å². The first-order valence-electron chi connectivity index (χ1n) is 42.7. The summed E-state index contributed by atoms with van der Waals surface area (Å²) >= 11 is 0. The molecule has 27 rings (SSSR count). The summed E-state index contributed by atoms with van der Waals surface area (Å²) in [5, 5.41) is 6.41. The molecule has 0 aliphatic rings. The molecule has 0 aliphatic heterocycles. The number of rotatable bonds is 15. The van der Waals surface area contributed by atoms with Gasteiger partial charge in [0.1, 0.15) is 63.2 Å². The van der Waals surface area contributed by atoms with E-state index in [4.69, 9.17) is 59.7 Å². The van der Waals surface area contributed by atoms with Crippen molar-refractivity contribution in [2.24, 2.45) is 0 Å². The van der Waals surface area contributed by atoms with Gasteiger partial charge in [-0.15, -0.1) is 138 Å². The maximum absolute atomic E-state index is 6.28. The molecule has 0 unspecified atom stereocenters. The molecule has 135 heavy (non-hydrogen) atoms. The maximum Gasteiger partial charge on any atom is 2.00 e. The molecular formula is C114H63N9O9Pt3. The fourth-order valence-corrected chi connectivity index (χ4v) is 17.4. The molecule has 0 spiro atoms. The molecule has 0 amide bonds. The zero-order valence-electron chi connectivity index (χ0n) is 70.5. The Hall–Kier alpha value is -16.4. The van der Waals surface area contributed by atoms with Gasteiger partial charge in [-0.1, -0.05) is 112 Å². The Balaban J connectivity index is 0.000000116. The molecule has 0 saturated carbocycles. The van der Waals surface area contributed by atoms with Crippen LogP contribution >= 0.6 is 0 Å². The molecule has 0 saturated heterocycles. The topological polar surface area (TPSA) is 210 Å². The molecule has 21 heteroatoms. The van der Waals surface area contributed by atoms with Crippen molar-refractivity contribution < 1.29 is 103 Å². The van der Waals surface area contributed by atoms with Crippen LogP contribution in [0, 0.1) is 36.4 Å². The number of fused-ring (bicyclic) bond motifs is 12. The van der Waals surface area contributed by atoms with E-state index < -0.39 is 0 Å². The fraction of sp³-hybridized carbons (Fsp3) is 0. The van der Waals surface area contributed by atoms with Gasteiger partial charge in [0.25, 0.3) is 0 Å². The summed E-state index contributed by atoms with van der Waals surface area (Å²) < 4.78 is 59.3. The van der Waals surface area contributed by atoms with E-state index in [2.05, 4.69) is 151 Å². The number of hydrogen-bond donors (Lipinski definition) is 0. The molecule has 15 heterocycles. The van der Waals surface area contributed by atoms with E-state index in [1.807, 2.05) is 243 Å². The van der Waals surface area contributed by atoms with Gasteiger partial charge in [-0.25, -0.2) is 0 Å². The van der Waals surface area contributed by atoms with Crippen LogP contribution in [0.3, 0.4) is 0 Å². The molecule has 0 N–H and O–H groups in total. The number of oxazole rings is 3. The summed E-state index contributed by atoms with van der Waals surface area (Å²) in [6.07, 6.45) is 15.5. The van der Waals surface area contributed by atoms with Crippen LogP contribution in [0.5, 0.6) is 0 Å². The molecule has 15 aromatic heterocycles. The molecule has 12 aromatic carbocycles. The number of hydrogen-bond acceptors (Lipinski definition) is 15. The van der Waals surface area contributed by atoms with Crippen molar-refractivity contribution in [2.45, 2.75) is 0 Å². The van der Waals surface area contributed by atoms with E-state index in [0.717, 1.165) is 223 Å². The van der Waals surface area contributed by atoms with E-state index in [9.17, 15) is 0 Å². The number of aromatic nitrogens is 9. The predicted molar refractivity (Wildman–Crippen MR) is 510 cm³/mol. The van der Waals surface area contributed by atoms with Crippen molar-refractivity contribution >= 4 is 98.7 Å². The standard InChI is InChI=1S/3C38H21N3O3.3Pt/c1-3-9-32-27(7-1)28-16-14-25(38-40-31-8-2-4-10-37(31)44-38)22-33(28)41(32)34-21-24(13-17-29(34)36-12-6-20-43-36)30-18-15-26(23-39-30)35-11-5-19-42-35;1-2-17-39-31(8-1)24-6-3-7-28(20-24)41-33-16-13-25(35-9-4-18-42-35)21-30(33)29-14-11-27(22-34(29)41)38-40-32-15-12-26(23-37(32)44-38)36-10-5-19-43-36;1-2-17-39-31(8-1)24-6-3-7-28(20-24)41-33-15-12-25(35-9-4-18-42-35)21-30(33)29-14-11-27(23-34(29)41)38-40-32-22-26(13-16-37(32)44-38)36-10-5-19-43-36;;;/h1-20,23H;1-19,21,23H;1-19,21-22H;;;/q3*-2;3*+2. The molecule has 0 bridgehead atoms. The zero-order chi connectivity index (χ0) is 87.1. The first-order valence-corrected chi connectivity index (χ1v) is 42.7. The Bertz CT molecular complexity index is 8590. The molecule has 0 atom stereocenters. The SMILES string of the molecule is [Pt+2].[Pt+2].[Pt+2].[c-]1c(-c2ccc(-c3ccco3)cn2)ccc(-c2ccco2)c1-n1c2[c-]c(-c3nc4ccccc4o3)ccc2c2ccccc21.[c-]1c(-c2ccccn2)cccc1-n1c2[c-]c(-c3nc4cc(-c5ccco5)ccc4o3)ccc2c2cc(-c3ccco3)ccc21.[c-]1c(-c2ccccn2)cccc1-n1c2[c-]c(-c3nc4ccc(-c5ccco5)cc4o3)ccc2c2cc(-c3ccco3)ccc21. The van der Waals surface area contributed by atoms with Crippen LogP contribution in [0.15, 0.2) is 424 Å². The van der Waals surface area contributed by atoms with Crippen molar-refractivity contribution in [1.82, 2.24) is 43.6 Å². The summed E-state index contributed by atoms with van der Waals surface area (Å²) in [5.74, 6) is 6.23. The second-order valence-electron chi connectivity index (χ2n) is 31.5. The monoisotopic (exact) mass is 2290 g/mol. The minimum atomic E-state index is 0. The number of para-hydroxylation sites is 3. The predicted octanol–water partition coefficient (Wildman–Crippen LogP) is 29.3. The van der Waals surface area contributed by atoms with E-state index in [-0.39, 0.29) is 63.2 Å². The molecule has 18 nitrogen and oxygen atoms in total. The van der Waals surface area contributed by atoms with Gasteiger partial charge >= 0.3 is 63.2 Å². The first-order chi connectivity index (χ1) is 65.4. The van der Waals surface area contributed by atoms with E-state index in [1.165, 1.54) is 0 Å². The summed E-state index contributed by atoms with van der Waals surface area (Å²) in [6.45, 7) is 0. The molecule has 0 aliphatic carbocycles.